The Labute approximate surface area is 91.5 Å². The molecule has 0 spiro atoms. The zero-order valence-corrected chi connectivity index (χ0v) is 9.66. The summed E-state index contributed by atoms with van der Waals surface area (Å²) in [6.45, 7) is 6.39. The van der Waals surface area contributed by atoms with E-state index in [0.717, 1.165) is 26.2 Å². The Kier molecular flexibility index (Phi) is 5.05. The first-order valence-corrected chi connectivity index (χ1v) is 5.69. The Bertz CT molecular complexity index is 201. The van der Waals surface area contributed by atoms with E-state index in [1.165, 1.54) is 0 Å². The Morgan fingerprint density at radius 3 is 2.87 bits per heavy atom. The number of rotatable bonds is 5. The van der Waals surface area contributed by atoms with Crippen molar-refractivity contribution >= 4 is 5.91 Å². The van der Waals surface area contributed by atoms with Crippen molar-refractivity contribution in [3.63, 3.8) is 0 Å². The Hall–Kier alpha value is -0.610. The van der Waals surface area contributed by atoms with Crippen molar-refractivity contribution in [1.82, 2.24) is 5.32 Å². The minimum absolute atomic E-state index is 0.0372. The van der Waals surface area contributed by atoms with Crippen LogP contribution in [0, 0.1) is 11.8 Å². The second-order valence-electron chi connectivity index (χ2n) is 4.65. The predicted octanol–water partition coefficient (Wildman–Crippen LogP) is 0.513. The molecule has 1 saturated heterocycles. The normalized spacial score (nSPS) is 23.1. The lowest BCUT2D eigenvalue weighted by molar-refractivity contribution is -0.121. The van der Waals surface area contributed by atoms with Crippen LogP contribution in [0.25, 0.3) is 0 Å². The quantitative estimate of drug-likeness (QED) is 0.701. The van der Waals surface area contributed by atoms with E-state index in [9.17, 15) is 4.79 Å². The van der Waals surface area contributed by atoms with E-state index in [-0.39, 0.29) is 11.9 Å². The number of carbonyl (C=O) groups is 1. The van der Waals surface area contributed by atoms with Crippen molar-refractivity contribution in [3.8, 4) is 0 Å². The van der Waals surface area contributed by atoms with Crippen molar-refractivity contribution < 1.29 is 9.53 Å². The fourth-order valence-corrected chi connectivity index (χ4v) is 1.52. The van der Waals surface area contributed by atoms with Crippen LogP contribution in [0.1, 0.15) is 26.7 Å². The zero-order chi connectivity index (χ0) is 11.3. The molecule has 1 fully saturated rings. The van der Waals surface area contributed by atoms with Crippen LogP contribution in [0.2, 0.25) is 0 Å². The second-order valence-corrected chi connectivity index (χ2v) is 4.65. The first-order valence-electron chi connectivity index (χ1n) is 5.69. The third-order valence-corrected chi connectivity index (χ3v) is 2.89. The lowest BCUT2D eigenvalue weighted by Gasteiger charge is -2.16. The topological polar surface area (TPSA) is 64.4 Å². The molecule has 88 valence electrons. The second kappa shape index (κ2) is 6.08. The molecule has 0 aliphatic carbocycles. The highest BCUT2D eigenvalue weighted by Gasteiger charge is 2.17. The van der Waals surface area contributed by atoms with Crippen molar-refractivity contribution in [2.75, 3.05) is 19.8 Å². The molecule has 1 rings (SSSR count). The summed E-state index contributed by atoms with van der Waals surface area (Å²) in [7, 11) is 0. The first kappa shape index (κ1) is 12.5. The average Bonchev–Trinajstić information content (AvgIpc) is 2.66. The maximum atomic E-state index is 11.5. The number of ether oxygens (including phenoxy) is 1. The minimum atomic E-state index is -0.0372. The van der Waals surface area contributed by atoms with Gasteiger partial charge in [0.1, 0.15) is 0 Å². The molecule has 2 atom stereocenters. The Balaban J connectivity index is 2.12. The minimum Gasteiger partial charge on any atom is -0.381 e. The van der Waals surface area contributed by atoms with Gasteiger partial charge < -0.3 is 15.8 Å². The van der Waals surface area contributed by atoms with Gasteiger partial charge in [-0.1, -0.05) is 13.8 Å². The lowest BCUT2D eigenvalue weighted by Crippen LogP contribution is -2.36. The van der Waals surface area contributed by atoms with E-state index >= 15 is 0 Å². The van der Waals surface area contributed by atoms with E-state index in [2.05, 4.69) is 5.32 Å². The predicted molar refractivity (Wildman–Crippen MR) is 59.4 cm³/mol. The molecule has 1 aliphatic rings. The van der Waals surface area contributed by atoms with Crippen LogP contribution in [-0.2, 0) is 9.53 Å². The standard InChI is InChI=1S/C11H22N2O2/c1-8(2)10(12)5-11(14)13-6-9-3-4-15-7-9/h8-10H,3-7,12H2,1-2H3,(H,13,14). The van der Waals surface area contributed by atoms with Crippen molar-refractivity contribution in [1.29, 1.82) is 0 Å². The molecule has 3 N–H and O–H groups in total. The van der Waals surface area contributed by atoms with Gasteiger partial charge in [-0.15, -0.1) is 0 Å². The molecule has 0 aromatic heterocycles. The van der Waals surface area contributed by atoms with Crippen molar-refractivity contribution in [3.05, 3.63) is 0 Å². The molecular formula is C11H22N2O2. The molecule has 1 aliphatic heterocycles. The summed E-state index contributed by atoms with van der Waals surface area (Å²) in [5, 5.41) is 2.91. The summed E-state index contributed by atoms with van der Waals surface area (Å²) >= 11 is 0. The first-order chi connectivity index (χ1) is 7.09. The summed E-state index contributed by atoms with van der Waals surface area (Å²) in [5.74, 6) is 0.901. The zero-order valence-electron chi connectivity index (χ0n) is 9.66. The van der Waals surface area contributed by atoms with Crippen LogP contribution >= 0.6 is 0 Å². The largest absolute Gasteiger partial charge is 0.381 e. The van der Waals surface area contributed by atoms with Gasteiger partial charge in [-0.25, -0.2) is 0 Å². The molecule has 1 amide bonds. The van der Waals surface area contributed by atoms with Gasteiger partial charge in [0, 0.05) is 31.5 Å². The molecule has 2 unspecified atom stereocenters. The summed E-state index contributed by atoms with van der Waals surface area (Å²) in [6.07, 6.45) is 1.47. The van der Waals surface area contributed by atoms with Crippen LogP contribution in [0.4, 0.5) is 0 Å². The van der Waals surface area contributed by atoms with Gasteiger partial charge in [-0.05, 0) is 12.3 Å². The summed E-state index contributed by atoms with van der Waals surface area (Å²) < 4.78 is 5.23. The third-order valence-electron chi connectivity index (χ3n) is 2.89. The SMILES string of the molecule is CC(C)C(N)CC(=O)NCC1CCOC1. The molecule has 0 bridgehead atoms. The smallest absolute Gasteiger partial charge is 0.221 e. The van der Waals surface area contributed by atoms with E-state index in [4.69, 9.17) is 10.5 Å². The fraction of sp³-hybridized carbons (Fsp3) is 0.909. The maximum absolute atomic E-state index is 11.5. The highest BCUT2D eigenvalue weighted by molar-refractivity contribution is 5.76. The van der Waals surface area contributed by atoms with E-state index in [1.807, 2.05) is 13.8 Å². The number of amides is 1. The summed E-state index contributed by atoms with van der Waals surface area (Å²) in [4.78, 5) is 11.5. The van der Waals surface area contributed by atoms with Gasteiger partial charge >= 0.3 is 0 Å². The van der Waals surface area contributed by atoms with E-state index < -0.39 is 0 Å². The molecule has 4 nitrogen and oxygen atoms in total. The van der Waals surface area contributed by atoms with Crippen LogP contribution in [0.3, 0.4) is 0 Å². The van der Waals surface area contributed by atoms with Crippen LogP contribution in [0.15, 0.2) is 0 Å². The summed E-state index contributed by atoms with van der Waals surface area (Å²) in [6, 6.07) is -0.0372. The highest BCUT2D eigenvalue weighted by Crippen LogP contribution is 2.10. The van der Waals surface area contributed by atoms with Gasteiger partial charge in [-0.2, -0.15) is 0 Å². The number of carbonyl (C=O) groups excluding carboxylic acids is 1. The van der Waals surface area contributed by atoms with Crippen LogP contribution in [-0.4, -0.2) is 31.7 Å². The monoisotopic (exact) mass is 214 g/mol. The van der Waals surface area contributed by atoms with E-state index in [0.29, 0.717) is 18.3 Å². The number of nitrogens with two attached hydrogens (primary N) is 1. The molecule has 0 radical (unpaired) electrons. The molecule has 15 heavy (non-hydrogen) atoms. The maximum Gasteiger partial charge on any atom is 0.221 e. The third kappa shape index (κ3) is 4.62. The van der Waals surface area contributed by atoms with Crippen LogP contribution in [0.5, 0.6) is 0 Å². The van der Waals surface area contributed by atoms with Gasteiger partial charge in [-0.3, -0.25) is 4.79 Å². The van der Waals surface area contributed by atoms with Gasteiger partial charge in [0.15, 0.2) is 0 Å². The Morgan fingerprint density at radius 2 is 2.33 bits per heavy atom. The van der Waals surface area contributed by atoms with Gasteiger partial charge in [0.05, 0.1) is 6.61 Å². The fourth-order valence-electron chi connectivity index (χ4n) is 1.52. The molecule has 0 aromatic carbocycles. The van der Waals surface area contributed by atoms with Crippen molar-refractivity contribution in [2.24, 2.45) is 17.6 Å². The van der Waals surface area contributed by atoms with E-state index in [1.54, 1.807) is 0 Å². The lowest BCUT2D eigenvalue weighted by atomic mass is 10.0. The van der Waals surface area contributed by atoms with Crippen molar-refractivity contribution in [2.45, 2.75) is 32.7 Å². The molecule has 0 aromatic rings. The molecular weight excluding hydrogens is 192 g/mol. The van der Waals surface area contributed by atoms with Gasteiger partial charge in [0.2, 0.25) is 5.91 Å². The molecule has 4 heteroatoms. The molecule has 1 heterocycles. The number of nitrogens with one attached hydrogen (secondary N) is 1. The highest BCUT2D eigenvalue weighted by atomic mass is 16.5. The number of hydrogen-bond acceptors (Lipinski definition) is 3. The Morgan fingerprint density at radius 1 is 1.60 bits per heavy atom. The number of hydrogen-bond donors (Lipinski definition) is 2. The van der Waals surface area contributed by atoms with Crippen LogP contribution < -0.4 is 11.1 Å². The average molecular weight is 214 g/mol. The van der Waals surface area contributed by atoms with Gasteiger partial charge in [0.25, 0.3) is 0 Å². The molecule has 0 saturated carbocycles. The summed E-state index contributed by atoms with van der Waals surface area (Å²) in [5.41, 5.74) is 5.82.